The summed E-state index contributed by atoms with van der Waals surface area (Å²) >= 11 is 1.16. The Balaban J connectivity index is 2.02. The van der Waals surface area contributed by atoms with Crippen molar-refractivity contribution in [1.82, 2.24) is 9.29 Å². The molecule has 2 aromatic rings. The molecular weight excluding hydrogens is 363 g/mol. The van der Waals surface area contributed by atoms with E-state index in [2.05, 4.69) is 15.0 Å². The number of aromatic amines is 1. The molecule has 2 heterocycles. The highest BCUT2D eigenvalue weighted by Crippen LogP contribution is 2.40. The third kappa shape index (κ3) is 3.33. The molecule has 1 saturated heterocycles. The maximum Gasteiger partial charge on any atom is 0.265 e. The number of amidine groups is 1. The number of aliphatic imine (C=N–C) groups is 2. The summed E-state index contributed by atoms with van der Waals surface area (Å²) in [6.07, 6.45) is 1.14. The fourth-order valence-corrected chi connectivity index (χ4v) is 4.13. The summed E-state index contributed by atoms with van der Waals surface area (Å²) in [6, 6.07) is 2.21. The SMILES string of the molecule is CN=CN=C(N)c1c(C)cc(F)c2[nH]c(SN3CCC(F)(F)C3C)cc12. The van der Waals surface area contributed by atoms with Crippen molar-refractivity contribution in [2.75, 3.05) is 13.6 Å². The highest BCUT2D eigenvalue weighted by molar-refractivity contribution is 7.97. The molecule has 0 radical (unpaired) electrons. The summed E-state index contributed by atoms with van der Waals surface area (Å²) < 4.78 is 43.5. The fraction of sp³-hybridized carbons (Fsp3) is 0.412. The number of benzene rings is 1. The summed E-state index contributed by atoms with van der Waals surface area (Å²) in [5.41, 5.74) is 7.55. The number of halogens is 3. The number of H-pyrrole nitrogens is 1. The lowest BCUT2D eigenvalue weighted by atomic mass is 10.0. The van der Waals surface area contributed by atoms with Crippen LogP contribution in [0.3, 0.4) is 0 Å². The van der Waals surface area contributed by atoms with Crippen LogP contribution in [0.2, 0.25) is 0 Å². The number of rotatable bonds is 4. The van der Waals surface area contributed by atoms with Crippen LogP contribution in [-0.2, 0) is 0 Å². The van der Waals surface area contributed by atoms with E-state index in [0.29, 0.717) is 21.5 Å². The van der Waals surface area contributed by atoms with Crippen molar-refractivity contribution in [2.24, 2.45) is 15.7 Å². The van der Waals surface area contributed by atoms with Gasteiger partial charge in [-0.15, -0.1) is 0 Å². The van der Waals surface area contributed by atoms with E-state index in [9.17, 15) is 13.2 Å². The van der Waals surface area contributed by atoms with E-state index in [-0.39, 0.29) is 24.3 Å². The van der Waals surface area contributed by atoms with Gasteiger partial charge in [0.15, 0.2) is 0 Å². The molecule has 9 heteroatoms. The van der Waals surface area contributed by atoms with Crippen molar-refractivity contribution in [2.45, 2.75) is 37.3 Å². The number of hydrogen-bond acceptors (Lipinski definition) is 3. The average Bonchev–Trinajstić information content (AvgIpc) is 3.09. The number of aromatic nitrogens is 1. The first-order valence-corrected chi connectivity index (χ1v) is 8.90. The monoisotopic (exact) mass is 383 g/mol. The number of nitrogens with zero attached hydrogens (tertiary/aromatic N) is 3. The molecule has 1 fully saturated rings. The lowest BCUT2D eigenvalue weighted by Gasteiger charge is -2.21. The molecule has 0 bridgehead atoms. The van der Waals surface area contributed by atoms with Gasteiger partial charge in [0.1, 0.15) is 18.0 Å². The Morgan fingerprint density at radius 2 is 2.19 bits per heavy atom. The number of alkyl halides is 2. The van der Waals surface area contributed by atoms with Crippen LogP contribution in [0.15, 0.2) is 27.1 Å². The van der Waals surface area contributed by atoms with Crippen molar-refractivity contribution in [3.8, 4) is 0 Å². The van der Waals surface area contributed by atoms with Crippen LogP contribution in [0, 0.1) is 12.7 Å². The van der Waals surface area contributed by atoms with Gasteiger partial charge in [0.25, 0.3) is 5.92 Å². The van der Waals surface area contributed by atoms with E-state index >= 15 is 0 Å². The van der Waals surface area contributed by atoms with E-state index < -0.39 is 17.8 Å². The fourth-order valence-electron chi connectivity index (χ4n) is 3.06. The normalized spacial score (nSPS) is 21.3. The molecule has 1 unspecified atom stereocenters. The Labute approximate surface area is 153 Å². The van der Waals surface area contributed by atoms with Crippen LogP contribution in [0.5, 0.6) is 0 Å². The van der Waals surface area contributed by atoms with E-state index in [4.69, 9.17) is 5.73 Å². The molecule has 0 spiro atoms. The second-order valence-corrected chi connectivity index (χ2v) is 7.37. The van der Waals surface area contributed by atoms with E-state index in [1.165, 1.54) is 19.3 Å². The molecule has 140 valence electrons. The molecule has 0 aliphatic carbocycles. The number of aryl methyl sites for hydroxylation is 1. The van der Waals surface area contributed by atoms with Crippen LogP contribution >= 0.6 is 11.9 Å². The predicted molar refractivity (Wildman–Crippen MR) is 99.7 cm³/mol. The van der Waals surface area contributed by atoms with Crippen molar-refractivity contribution in [3.05, 3.63) is 29.1 Å². The zero-order valence-corrected chi connectivity index (χ0v) is 15.5. The van der Waals surface area contributed by atoms with Crippen LogP contribution in [0.25, 0.3) is 10.9 Å². The standard InChI is InChI=1S/C17H20F3N5S/c1-9-6-12(18)15-11(14(9)16(21)23-8-22-3)7-13(24-15)26-25-5-4-17(19,20)10(25)2/h6-8,10,24H,4-5H2,1-3H3,(H2,21,22,23). The maximum atomic E-state index is 14.4. The summed E-state index contributed by atoms with van der Waals surface area (Å²) in [6.45, 7) is 3.50. The largest absolute Gasteiger partial charge is 0.383 e. The summed E-state index contributed by atoms with van der Waals surface area (Å²) in [7, 11) is 1.57. The van der Waals surface area contributed by atoms with Gasteiger partial charge in [-0.2, -0.15) is 0 Å². The molecule has 1 aromatic carbocycles. The highest BCUT2D eigenvalue weighted by atomic mass is 32.2. The first-order chi connectivity index (χ1) is 12.2. The topological polar surface area (TPSA) is 69.8 Å². The number of hydrogen-bond donors (Lipinski definition) is 2. The second kappa shape index (κ2) is 6.96. The molecule has 3 rings (SSSR count). The Hall–Kier alpha value is -2.00. The molecule has 0 amide bonds. The Morgan fingerprint density at radius 1 is 1.46 bits per heavy atom. The lowest BCUT2D eigenvalue weighted by Crippen LogP contribution is -2.32. The molecule has 1 aromatic heterocycles. The van der Waals surface area contributed by atoms with Crippen LogP contribution < -0.4 is 5.73 Å². The van der Waals surface area contributed by atoms with E-state index in [0.717, 1.165) is 11.9 Å². The number of nitrogens with one attached hydrogen (secondary N) is 1. The van der Waals surface area contributed by atoms with Gasteiger partial charge in [-0.05, 0) is 43.5 Å². The van der Waals surface area contributed by atoms with Crippen molar-refractivity contribution in [1.29, 1.82) is 0 Å². The lowest BCUT2D eigenvalue weighted by molar-refractivity contribution is -0.0140. The first-order valence-electron chi connectivity index (χ1n) is 8.13. The molecule has 1 aliphatic heterocycles. The summed E-state index contributed by atoms with van der Waals surface area (Å²) in [5.74, 6) is -2.93. The zero-order valence-electron chi connectivity index (χ0n) is 14.7. The van der Waals surface area contributed by atoms with Crippen LogP contribution in [0.4, 0.5) is 13.2 Å². The summed E-state index contributed by atoms with van der Waals surface area (Å²) in [4.78, 5) is 10.8. The molecule has 1 atom stereocenters. The Morgan fingerprint density at radius 3 is 2.81 bits per heavy atom. The van der Waals surface area contributed by atoms with E-state index in [1.807, 2.05) is 0 Å². The first kappa shape index (κ1) is 18.8. The quantitative estimate of drug-likeness (QED) is 0.480. The minimum Gasteiger partial charge on any atom is -0.383 e. The third-order valence-electron chi connectivity index (χ3n) is 4.53. The molecule has 5 nitrogen and oxygen atoms in total. The smallest absolute Gasteiger partial charge is 0.265 e. The molecule has 26 heavy (non-hydrogen) atoms. The second-order valence-electron chi connectivity index (χ2n) is 6.28. The minimum atomic E-state index is -2.72. The number of nitrogens with two attached hydrogens (primary N) is 1. The molecular formula is C17H20F3N5S. The van der Waals surface area contributed by atoms with Gasteiger partial charge in [-0.3, -0.25) is 4.99 Å². The third-order valence-corrected chi connectivity index (χ3v) is 5.68. The van der Waals surface area contributed by atoms with Crippen molar-refractivity contribution < 1.29 is 13.2 Å². The molecule has 0 saturated carbocycles. The van der Waals surface area contributed by atoms with Crippen molar-refractivity contribution >= 4 is 35.0 Å². The van der Waals surface area contributed by atoms with Crippen LogP contribution in [-0.4, -0.2) is 47.0 Å². The van der Waals surface area contributed by atoms with Gasteiger partial charge in [0.05, 0.1) is 16.6 Å². The molecule has 1 aliphatic rings. The van der Waals surface area contributed by atoms with Crippen molar-refractivity contribution in [3.63, 3.8) is 0 Å². The summed E-state index contributed by atoms with van der Waals surface area (Å²) in [5, 5.41) is 1.14. The zero-order chi connectivity index (χ0) is 19.1. The Kier molecular flexibility index (Phi) is 5.03. The Bertz CT molecular complexity index is 890. The average molecular weight is 383 g/mol. The highest BCUT2D eigenvalue weighted by Gasteiger charge is 2.46. The van der Waals surface area contributed by atoms with Gasteiger partial charge >= 0.3 is 0 Å². The van der Waals surface area contributed by atoms with E-state index in [1.54, 1.807) is 24.3 Å². The molecule has 3 N–H and O–H groups in total. The minimum absolute atomic E-state index is 0.184. The maximum absolute atomic E-state index is 14.4. The van der Waals surface area contributed by atoms with Gasteiger partial charge in [0, 0.05) is 31.0 Å². The van der Waals surface area contributed by atoms with Crippen LogP contribution in [0.1, 0.15) is 24.5 Å². The number of fused-ring (bicyclic) bond motifs is 1. The van der Waals surface area contributed by atoms with Gasteiger partial charge < -0.3 is 10.7 Å². The van der Waals surface area contributed by atoms with Gasteiger partial charge in [0.2, 0.25) is 0 Å². The van der Waals surface area contributed by atoms with Gasteiger partial charge in [-0.1, -0.05) is 0 Å². The van der Waals surface area contributed by atoms with Gasteiger partial charge in [-0.25, -0.2) is 22.5 Å². The predicted octanol–water partition coefficient (Wildman–Crippen LogP) is 3.72.